The molecule has 0 unspecified atom stereocenters. The number of imide groups is 1. The van der Waals surface area contributed by atoms with Crippen LogP contribution < -0.4 is 5.32 Å². The van der Waals surface area contributed by atoms with E-state index in [9.17, 15) is 9.59 Å². The van der Waals surface area contributed by atoms with Crippen LogP contribution in [0.2, 0.25) is 0 Å². The molecule has 1 rings (SSSR count). The third-order valence-electron chi connectivity index (χ3n) is 1.59. The standard InChI is InChI=1S/C11H11NO2/c1-2-6-10(13)12-11(14)9-7-4-3-5-8-9/h2-8H,1H3,(H,12,13,14). The third kappa shape index (κ3) is 2.86. The van der Waals surface area contributed by atoms with E-state index in [4.69, 9.17) is 0 Å². The third-order valence-corrected chi connectivity index (χ3v) is 1.59. The molecule has 1 aromatic rings. The molecule has 2 amide bonds. The van der Waals surface area contributed by atoms with Gasteiger partial charge in [-0.1, -0.05) is 24.3 Å². The lowest BCUT2D eigenvalue weighted by Crippen LogP contribution is -2.28. The minimum absolute atomic E-state index is 0.381. The highest BCUT2D eigenvalue weighted by molar-refractivity contribution is 6.07. The van der Waals surface area contributed by atoms with Crippen LogP contribution in [0.4, 0.5) is 0 Å². The molecule has 0 radical (unpaired) electrons. The first-order valence-corrected chi connectivity index (χ1v) is 4.27. The van der Waals surface area contributed by atoms with Gasteiger partial charge in [-0.3, -0.25) is 14.9 Å². The molecule has 72 valence electrons. The van der Waals surface area contributed by atoms with Crippen LogP contribution in [0.3, 0.4) is 0 Å². The van der Waals surface area contributed by atoms with Crippen LogP contribution in [0.1, 0.15) is 17.3 Å². The molecular weight excluding hydrogens is 178 g/mol. The van der Waals surface area contributed by atoms with Gasteiger partial charge < -0.3 is 0 Å². The predicted molar refractivity (Wildman–Crippen MR) is 53.7 cm³/mol. The van der Waals surface area contributed by atoms with Gasteiger partial charge in [0.05, 0.1) is 0 Å². The molecule has 0 spiro atoms. The molecule has 14 heavy (non-hydrogen) atoms. The molecule has 0 aliphatic heterocycles. The van der Waals surface area contributed by atoms with Crippen molar-refractivity contribution in [2.75, 3.05) is 0 Å². The van der Waals surface area contributed by atoms with Crippen molar-refractivity contribution in [3.05, 3.63) is 48.0 Å². The Bertz CT molecular complexity index is 355. The van der Waals surface area contributed by atoms with E-state index < -0.39 is 5.91 Å². The molecule has 0 aromatic heterocycles. The molecule has 0 atom stereocenters. The van der Waals surface area contributed by atoms with E-state index >= 15 is 0 Å². The Morgan fingerprint density at radius 1 is 1.21 bits per heavy atom. The Morgan fingerprint density at radius 3 is 2.43 bits per heavy atom. The fourth-order valence-corrected chi connectivity index (χ4v) is 0.967. The van der Waals surface area contributed by atoms with Crippen molar-refractivity contribution < 1.29 is 9.59 Å². The highest BCUT2D eigenvalue weighted by atomic mass is 16.2. The summed E-state index contributed by atoms with van der Waals surface area (Å²) < 4.78 is 0. The van der Waals surface area contributed by atoms with Crippen LogP contribution in [0.25, 0.3) is 0 Å². The fraction of sp³-hybridized carbons (Fsp3) is 0.0909. The number of hydrogen-bond donors (Lipinski definition) is 1. The second-order valence-electron chi connectivity index (χ2n) is 2.68. The summed E-state index contributed by atoms with van der Waals surface area (Å²) in [5.74, 6) is -0.782. The topological polar surface area (TPSA) is 46.2 Å². The normalized spacial score (nSPS) is 10.1. The number of nitrogens with one attached hydrogen (secondary N) is 1. The maximum Gasteiger partial charge on any atom is 0.258 e. The summed E-state index contributed by atoms with van der Waals surface area (Å²) in [7, 11) is 0. The van der Waals surface area contributed by atoms with Gasteiger partial charge in [-0.2, -0.15) is 0 Å². The number of allylic oxidation sites excluding steroid dienone is 1. The predicted octanol–water partition coefficient (Wildman–Crippen LogP) is 1.52. The monoisotopic (exact) mass is 189 g/mol. The van der Waals surface area contributed by atoms with Gasteiger partial charge in [0.25, 0.3) is 5.91 Å². The Morgan fingerprint density at radius 2 is 1.86 bits per heavy atom. The van der Waals surface area contributed by atoms with Gasteiger partial charge in [-0.05, 0) is 25.1 Å². The number of hydrogen-bond acceptors (Lipinski definition) is 2. The van der Waals surface area contributed by atoms with Gasteiger partial charge in [0.2, 0.25) is 5.91 Å². The van der Waals surface area contributed by atoms with Gasteiger partial charge in [0.15, 0.2) is 0 Å². The average Bonchev–Trinajstić information content (AvgIpc) is 2.19. The van der Waals surface area contributed by atoms with Crippen molar-refractivity contribution in [1.82, 2.24) is 5.32 Å². The molecule has 0 bridgehead atoms. The van der Waals surface area contributed by atoms with E-state index in [1.807, 2.05) is 6.07 Å². The van der Waals surface area contributed by atoms with Gasteiger partial charge >= 0.3 is 0 Å². The first-order valence-electron chi connectivity index (χ1n) is 4.27. The summed E-state index contributed by atoms with van der Waals surface area (Å²) >= 11 is 0. The summed E-state index contributed by atoms with van der Waals surface area (Å²) in [5, 5.41) is 2.23. The zero-order valence-corrected chi connectivity index (χ0v) is 7.86. The second kappa shape index (κ2) is 4.97. The van der Waals surface area contributed by atoms with Crippen molar-refractivity contribution in [2.24, 2.45) is 0 Å². The summed E-state index contributed by atoms with van der Waals surface area (Å²) in [5.41, 5.74) is 0.477. The van der Waals surface area contributed by atoms with E-state index in [-0.39, 0.29) is 5.91 Å². The van der Waals surface area contributed by atoms with Crippen LogP contribution >= 0.6 is 0 Å². The fourth-order valence-electron chi connectivity index (χ4n) is 0.967. The molecule has 0 heterocycles. The molecule has 1 N–H and O–H groups in total. The summed E-state index contributed by atoms with van der Waals surface area (Å²) in [6.45, 7) is 1.71. The van der Waals surface area contributed by atoms with Gasteiger partial charge in [-0.15, -0.1) is 0 Å². The second-order valence-corrected chi connectivity index (χ2v) is 2.68. The van der Waals surface area contributed by atoms with Crippen LogP contribution in [0.5, 0.6) is 0 Å². The smallest absolute Gasteiger partial charge is 0.258 e. The highest BCUT2D eigenvalue weighted by Crippen LogP contribution is 1.97. The Balaban J connectivity index is 2.64. The number of carbonyl (C=O) groups is 2. The number of amides is 2. The number of carbonyl (C=O) groups excluding carboxylic acids is 2. The van der Waals surface area contributed by atoms with Crippen molar-refractivity contribution in [1.29, 1.82) is 0 Å². The van der Waals surface area contributed by atoms with Crippen LogP contribution in [0, 0.1) is 0 Å². The molecular formula is C11H11NO2. The van der Waals surface area contributed by atoms with Gasteiger partial charge in [0, 0.05) is 5.56 Å². The van der Waals surface area contributed by atoms with Crippen LogP contribution in [0.15, 0.2) is 42.5 Å². The molecule has 3 heteroatoms. The summed E-state index contributed by atoms with van der Waals surface area (Å²) in [4.78, 5) is 22.4. The Labute approximate surface area is 82.4 Å². The van der Waals surface area contributed by atoms with E-state index in [1.165, 1.54) is 6.08 Å². The summed E-state index contributed by atoms with van der Waals surface area (Å²) in [6.07, 6.45) is 2.88. The zero-order valence-electron chi connectivity index (χ0n) is 7.86. The molecule has 1 aromatic carbocycles. The van der Waals surface area contributed by atoms with Gasteiger partial charge in [-0.25, -0.2) is 0 Å². The van der Waals surface area contributed by atoms with Crippen LogP contribution in [-0.2, 0) is 4.79 Å². The summed E-state index contributed by atoms with van der Waals surface area (Å²) in [6, 6.07) is 8.60. The van der Waals surface area contributed by atoms with E-state index in [0.29, 0.717) is 5.56 Å². The maximum atomic E-state index is 11.4. The van der Waals surface area contributed by atoms with Crippen molar-refractivity contribution in [2.45, 2.75) is 6.92 Å². The maximum absolute atomic E-state index is 11.4. The zero-order chi connectivity index (χ0) is 10.4. The Kier molecular flexibility index (Phi) is 3.61. The molecule has 3 nitrogen and oxygen atoms in total. The molecule has 0 aliphatic carbocycles. The first kappa shape index (κ1) is 10.2. The van der Waals surface area contributed by atoms with Gasteiger partial charge in [0.1, 0.15) is 0 Å². The molecule has 0 saturated carbocycles. The van der Waals surface area contributed by atoms with E-state index in [2.05, 4.69) is 5.32 Å². The largest absolute Gasteiger partial charge is 0.289 e. The van der Waals surface area contributed by atoms with Crippen molar-refractivity contribution in [3.63, 3.8) is 0 Å². The first-order chi connectivity index (χ1) is 6.74. The Hall–Kier alpha value is -1.90. The quantitative estimate of drug-likeness (QED) is 0.717. The molecule has 0 fully saturated rings. The van der Waals surface area contributed by atoms with E-state index in [1.54, 1.807) is 37.3 Å². The highest BCUT2D eigenvalue weighted by Gasteiger charge is 2.06. The lowest BCUT2D eigenvalue weighted by molar-refractivity contribution is -0.115. The average molecular weight is 189 g/mol. The van der Waals surface area contributed by atoms with Crippen molar-refractivity contribution in [3.8, 4) is 0 Å². The lowest BCUT2D eigenvalue weighted by atomic mass is 10.2. The minimum Gasteiger partial charge on any atom is -0.289 e. The van der Waals surface area contributed by atoms with Crippen molar-refractivity contribution >= 4 is 11.8 Å². The number of benzene rings is 1. The molecule has 0 aliphatic rings. The van der Waals surface area contributed by atoms with E-state index in [0.717, 1.165) is 0 Å². The lowest BCUT2D eigenvalue weighted by Gasteiger charge is -1.99. The minimum atomic E-state index is -0.402. The SMILES string of the molecule is CC=CC(=O)NC(=O)c1ccccc1. The molecule has 0 saturated heterocycles. The van der Waals surface area contributed by atoms with Crippen LogP contribution in [-0.4, -0.2) is 11.8 Å². The number of rotatable bonds is 2.